The molecule has 1 N–H and O–H groups in total. The second-order valence-corrected chi connectivity index (χ2v) is 7.30. The highest BCUT2D eigenvalue weighted by Gasteiger charge is 2.32. The largest absolute Gasteiger partial charge is 0.482 e. The molecule has 0 saturated carbocycles. The van der Waals surface area contributed by atoms with Gasteiger partial charge in [0, 0.05) is 6.54 Å². The van der Waals surface area contributed by atoms with E-state index in [0.717, 1.165) is 23.2 Å². The highest BCUT2D eigenvalue weighted by atomic mass is 32.2. The molecule has 0 radical (unpaired) electrons. The van der Waals surface area contributed by atoms with Gasteiger partial charge in [-0.15, -0.1) is 0 Å². The third-order valence-corrected chi connectivity index (χ3v) is 5.32. The highest BCUT2D eigenvalue weighted by Crippen LogP contribution is 2.35. The monoisotopic (exact) mass is 410 g/mol. The number of hydrogen-bond acceptors (Lipinski definition) is 5. The number of thioether (sulfide) groups is 1. The number of aliphatic imine (C=N–C) groups is 1. The van der Waals surface area contributed by atoms with Gasteiger partial charge >= 0.3 is 5.97 Å². The maximum Gasteiger partial charge on any atom is 0.341 e. The summed E-state index contributed by atoms with van der Waals surface area (Å²) in [5, 5.41) is 9.40. The minimum absolute atomic E-state index is 0.0953. The van der Waals surface area contributed by atoms with Crippen molar-refractivity contribution in [2.24, 2.45) is 4.99 Å². The first kappa shape index (κ1) is 20.7. The summed E-state index contributed by atoms with van der Waals surface area (Å²) in [5.74, 6) is -0.695. The first-order chi connectivity index (χ1) is 14.0. The van der Waals surface area contributed by atoms with Crippen LogP contribution in [0.15, 0.2) is 58.4 Å². The number of carboxylic acid groups (broad SMARTS) is 1. The van der Waals surface area contributed by atoms with Crippen molar-refractivity contribution in [3.8, 4) is 5.75 Å². The van der Waals surface area contributed by atoms with Crippen LogP contribution < -0.4 is 4.74 Å². The van der Waals surface area contributed by atoms with Gasteiger partial charge in [0.05, 0.1) is 10.6 Å². The number of carbonyl (C=O) groups is 2. The van der Waals surface area contributed by atoms with Crippen LogP contribution in [0.5, 0.6) is 5.75 Å². The lowest BCUT2D eigenvalue weighted by atomic mass is 10.1. The van der Waals surface area contributed by atoms with Gasteiger partial charge in [-0.25, -0.2) is 9.79 Å². The zero-order valence-electron chi connectivity index (χ0n) is 16.3. The van der Waals surface area contributed by atoms with Crippen molar-refractivity contribution in [1.82, 2.24) is 4.90 Å². The van der Waals surface area contributed by atoms with Crippen molar-refractivity contribution >= 4 is 40.6 Å². The fourth-order valence-electron chi connectivity index (χ4n) is 2.88. The molecule has 1 heterocycles. The number of carbonyl (C=O) groups excluding carboxylic acids is 1. The van der Waals surface area contributed by atoms with E-state index in [4.69, 9.17) is 14.8 Å². The fraction of sp³-hybridized carbons (Fsp3) is 0.227. The van der Waals surface area contributed by atoms with Crippen LogP contribution in [0.1, 0.15) is 25.0 Å². The minimum atomic E-state index is -1.04. The number of benzene rings is 2. The molecule has 1 aliphatic rings. The van der Waals surface area contributed by atoms with Crippen LogP contribution in [0, 0.1) is 0 Å². The maximum absolute atomic E-state index is 12.8. The highest BCUT2D eigenvalue weighted by molar-refractivity contribution is 8.18. The van der Waals surface area contributed by atoms with Gasteiger partial charge in [0.2, 0.25) is 0 Å². The standard InChI is InChI=1S/C22H22N2O4S/c1-3-16-9-5-6-11-18(16)23-22-24(4-2)21(27)19(29-22)13-15-8-7-10-17(12-15)28-14-20(25)26/h5-13H,3-4,14H2,1-2H3,(H,25,26)/b19-13+,23-22?. The number of amidine groups is 1. The van der Waals surface area contributed by atoms with Gasteiger partial charge in [0.25, 0.3) is 5.91 Å². The molecule has 1 saturated heterocycles. The lowest BCUT2D eigenvalue weighted by molar-refractivity contribution is -0.139. The van der Waals surface area contributed by atoms with Gasteiger partial charge in [0.15, 0.2) is 11.8 Å². The Bertz CT molecular complexity index is 984. The summed E-state index contributed by atoms with van der Waals surface area (Å²) < 4.78 is 5.21. The summed E-state index contributed by atoms with van der Waals surface area (Å²) in [6.45, 7) is 4.11. The molecule has 1 fully saturated rings. The van der Waals surface area contributed by atoms with Crippen molar-refractivity contribution < 1.29 is 19.4 Å². The molecule has 0 atom stereocenters. The molecule has 1 aliphatic heterocycles. The Morgan fingerprint density at radius 3 is 2.72 bits per heavy atom. The Balaban J connectivity index is 1.88. The molecule has 0 aromatic heterocycles. The third kappa shape index (κ3) is 5.06. The Labute approximate surface area is 173 Å². The number of likely N-dealkylation sites (N-methyl/N-ethyl adjacent to an activating group) is 1. The van der Waals surface area contributed by atoms with Crippen LogP contribution in [-0.4, -0.2) is 40.2 Å². The van der Waals surface area contributed by atoms with Gasteiger partial charge in [0.1, 0.15) is 5.75 Å². The zero-order valence-corrected chi connectivity index (χ0v) is 17.1. The molecule has 0 aliphatic carbocycles. The number of aliphatic carboxylic acids is 1. The maximum atomic E-state index is 12.8. The molecule has 2 aromatic carbocycles. The third-order valence-electron chi connectivity index (χ3n) is 4.31. The van der Waals surface area contributed by atoms with E-state index in [1.54, 1.807) is 29.2 Å². The van der Waals surface area contributed by atoms with Crippen LogP contribution in [0.25, 0.3) is 6.08 Å². The molecule has 7 heteroatoms. The summed E-state index contributed by atoms with van der Waals surface area (Å²) in [6.07, 6.45) is 2.64. The van der Waals surface area contributed by atoms with Crippen molar-refractivity contribution in [3.05, 3.63) is 64.6 Å². The lowest BCUT2D eigenvalue weighted by Crippen LogP contribution is -2.28. The van der Waals surface area contributed by atoms with Crippen LogP contribution in [0.4, 0.5) is 5.69 Å². The van der Waals surface area contributed by atoms with Crippen molar-refractivity contribution in [1.29, 1.82) is 0 Å². The van der Waals surface area contributed by atoms with Crippen molar-refractivity contribution in [2.75, 3.05) is 13.2 Å². The van der Waals surface area contributed by atoms with E-state index in [9.17, 15) is 9.59 Å². The summed E-state index contributed by atoms with van der Waals surface area (Å²) in [5.41, 5.74) is 2.76. The zero-order chi connectivity index (χ0) is 20.8. The molecular weight excluding hydrogens is 388 g/mol. The van der Waals surface area contributed by atoms with Crippen LogP contribution >= 0.6 is 11.8 Å². The number of carboxylic acids is 1. The predicted molar refractivity (Wildman–Crippen MR) is 115 cm³/mol. The Morgan fingerprint density at radius 1 is 1.21 bits per heavy atom. The fourth-order valence-corrected chi connectivity index (χ4v) is 3.94. The number of aryl methyl sites for hydroxylation is 1. The molecular formula is C22H22N2O4S. The molecule has 1 amide bonds. The number of hydrogen-bond donors (Lipinski definition) is 1. The average Bonchev–Trinajstić information content (AvgIpc) is 3.01. The van der Waals surface area contributed by atoms with Crippen LogP contribution in [0.2, 0.25) is 0 Å². The number of rotatable bonds is 7. The van der Waals surface area contributed by atoms with Gasteiger partial charge in [-0.3, -0.25) is 9.69 Å². The predicted octanol–water partition coefficient (Wildman–Crippen LogP) is 4.34. The van der Waals surface area contributed by atoms with E-state index >= 15 is 0 Å². The molecule has 0 bridgehead atoms. The molecule has 3 rings (SSSR count). The summed E-state index contributed by atoms with van der Waals surface area (Å²) >= 11 is 1.34. The van der Waals surface area contributed by atoms with E-state index < -0.39 is 12.6 Å². The SMILES string of the molecule is CCc1ccccc1N=C1S/C(=C/c2cccc(OCC(=O)O)c2)C(=O)N1CC. The lowest BCUT2D eigenvalue weighted by Gasteiger charge is -2.12. The minimum Gasteiger partial charge on any atom is -0.482 e. The van der Waals surface area contributed by atoms with E-state index in [1.165, 1.54) is 11.8 Å². The Morgan fingerprint density at radius 2 is 2.00 bits per heavy atom. The molecule has 0 unspecified atom stereocenters. The average molecular weight is 410 g/mol. The number of ether oxygens (including phenoxy) is 1. The Kier molecular flexibility index (Phi) is 6.72. The molecule has 6 nitrogen and oxygen atoms in total. The van der Waals surface area contributed by atoms with E-state index in [2.05, 4.69) is 6.92 Å². The van der Waals surface area contributed by atoms with Crippen molar-refractivity contribution in [3.63, 3.8) is 0 Å². The smallest absolute Gasteiger partial charge is 0.341 e. The summed E-state index contributed by atoms with van der Waals surface area (Å²) in [4.78, 5) is 30.5. The molecule has 0 spiro atoms. The van der Waals surface area contributed by atoms with Crippen LogP contribution in [-0.2, 0) is 16.0 Å². The second-order valence-electron chi connectivity index (χ2n) is 6.29. The van der Waals surface area contributed by atoms with E-state index in [1.807, 2.05) is 37.3 Å². The summed E-state index contributed by atoms with van der Waals surface area (Å²) in [6, 6.07) is 14.9. The van der Waals surface area contributed by atoms with Crippen molar-refractivity contribution in [2.45, 2.75) is 20.3 Å². The normalized spacial score (nSPS) is 16.6. The van der Waals surface area contributed by atoms with Crippen LogP contribution in [0.3, 0.4) is 0 Å². The first-order valence-corrected chi connectivity index (χ1v) is 10.2. The number of amides is 1. The van der Waals surface area contributed by atoms with Gasteiger partial charge in [-0.2, -0.15) is 0 Å². The number of para-hydroxylation sites is 1. The second kappa shape index (κ2) is 9.43. The quantitative estimate of drug-likeness (QED) is 0.687. The molecule has 2 aromatic rings. The van der Waals surface area contributed by atoms with Gasteiger partial charge in [-0.05, 0) is 60.5 Å². The van der Waals surface area contributed by atoms with Gasteiger partial charge < -0.3 is 9.84 Å². The topological polar surface area (TPSA) is 79.2 Å². The summed E-state index contributed by atoms with van der Waals surface area (Å²) in [7, 11) is 0. The molecule has 150 valence electrons. The van der Waals surface area contributed by atoms with Gasteiger partial charge in [-0.1, -0.05) is 37.3 Å². The number of nitrogens with zero attached hydrogens (tertiary/aromatic N) is 2. The Hall–Kier alpha value is -3.06. The molecule has 29 heavy (non-hydrogen) atoms. The van der Waals surface area contributed by atoms with E-state index in [-0.39, 0.29) is 5.91 Å². The van der Waals surface area contributed by atoms with E-state index in [0.29, 0.717) is 22.4 Å². The first-order valence-electron chi connectivity index (χ1n) is 9.34.